The summed E-state index contributed by atoms with van der Waals surface area (Å²) in [6, 6.07) is 14.7. The molecular formula is C19H23O2. The zero-order valence-electron chi connectivity index (χ0n) is 12.7. The summed E-state index contributed by atoms with van der Waals surface area (Å²) in [4.78, 5) is 12.0. The second-order valence-corrected chi connectivity index (χ2v) is 5.36. The molecule has 0 saturated heterocycles. The van der Waals surface area contributed by atoms with Crippen molar-refractivity contribution in [3.05, 3.63) is 48.0 Å². The van der Waals surface area contributed by atoms with Gasteiger partial charge in [0.1, 0.15) is 0 Å². The number of carbonyl (C=O) groups is 1. The molecule has 0 aliphatic heterocycles. The van der Waals surface area contributed by atoms with Crippen LogP contribution in [0, 0.1) is 6.07 Å². The number of rotatable bonds is 8. The maximum absolute atomic E-state index is 12.0. The van der Waals surface area contributed by atoms with Crippen LogP contribution < -0.4 is 0 Å². The Morgan fingerprint density at radius 2 is 1.76 bits per heavy atom. The summed E-state index contributed by atoms with van der Waals surface area (Å²) < 4.78 is 5.31. The van der Waals surface area contributed by atoms with Crippen LogP contribution in [0.5, 0.6) is 0 Å². The minimum Gasteiger partial charge on any atom is -0.462 e. The van der Waals surface area contributed by atoms with E-state index in [1.165, 1.54) is 25.7 Å². The largest absolute Gasteiger partial charge is 0.462 e. The molecule has 21 heavy (non-hydrogen) atoms. The quantitative estimate of drug-likeness (QED) is 0.494. The Bertz CT molecular complexity index is 575. The highest BCUT2D eigenvalue weighted by Crippen LogP contribution is 2.15. The lowest BCUT2D eigenvalue weighted by atomic mass is 10.1. The van der Waals surface area contributed by atoms with E-state index in [9.17, 15) is 4.79 Å². The number of ether oxygens (including phenoxy) is 1. The fourth-order valence-corrected chi connectivity index (χ4v) is 2.36. The topological polar surface area (TPSA) is 26.3 Å². The molecule has 0 amide bonds. The number of hydrogen-bond acceptors (Lipinski definition) is 2. The van der Waals surface area contributed by atoms with Crippen molar-refractivity contribution in [3.63, 3.8) is 0 Å². The van der Waals surface area contributed by atoms with Gasteiger partial charge in [-0.05, 0) is 23.3 Å². The summed E-state index contributed by atoms with van der Waals surface area (Å²) in [5.74, 6) is -0.269. The van der Waals surface area contributed by atoms with Gasteiger partial charge < -0.3 is 4.74 Å². The maximum Gasteiger partial charge on any atom is 0.338 e. The Kier molecular flexibility index (Phi) is 6.26. The smallest absolute Gasteiger partial charge is 0.338 e. The first-order valence-electron chi connectivity index (χ1n) is 7.89. The normalized spacial score (nSPS) is 10.7. The lowest BCUT2D eigenvalue weighted by molar-refractivity contribution is 0.0497. The van der Waals surface area contributed by atoms with Crippen molar-refractivity contribution in [1.82, 2.24) is 0 Å². The molecular weight excluding hydrogens is 260 g/mol. The van der Waals surface area contributed by atoms with Gasteiger partial charge in [-0.25, -0.2) is 4.79 Å². The van der Waals surface area contributed by atoms with Gasteiger partial charge in [0.2, 0.25) is 0 Å². The molecule has 0 saturated carbocycles. The molecule has 0 fully saturated rings. The van der Waals surface area contributed by atoms with Crippen LogP contribution in [0.25, 0.3) is 10.8 Å². The standard InChI is InChI=1S/C19H23O2/c1-2-3-4-5-6-9-14-21-19(20)18-13-12-16-10-7-8-11-17(16)15-18/h7-8,10-13H,2-6,9,14H2,1H3. The van der Waals surface area contributed by atoms with Gasteiger partial charge in [-0.2, -0.15) is 0 Å². The van der Waals surface area contributed by atoms with Crippen molar-refractivity contribution in [1.29, 1.82) is 0 Å². The maximum atomic E-state index is 12.0. The molecule has 0 N–H and O–H groups in total. The van der Waals surface area contributed by atoms with Crippen molar-refractivity contribution >= 4 is 16.7 Å². The fraction of sp³-hybridized carbons (Fsp3) is 0.421. The van der Waals surface area contributed by atoms with Crippen LogP contribution in [0.1, 0.15) is 55.8 Å². The summed E-state index contributed by atoms with van der Waals surface area (Å²) in [6.07, 6.45) is 7.15. The van der Waals surface area contributed by atoms with Gasteiger partial charge in [-0.15, -0.1) is 0 Å². The molecule has 0 atom stereocenters. The van der Waals surface area contributed by atoms with E-state index in [4.69, 9.17) is 4.74 Å². The third-order valence-corrected chi connectivity index (χ3v) is 3.61. The van der Waals surface area contributed by atoms with E-state index in [1.807, 2.05) is 30.3 Å². The molecule has 2 aromatic carbocycles. The van der Waals surface area contributed by atoms with Gasteiger partial charge in [0.05, 0.1) is 12.2 Å². The third-order valence-electron chi connectivity index (χ3n) is 3.61. The van der Waals surface area contributed by atoms with Crippen LogP contribution in [-0.4, -0.2) is 12.6 Å². The number of unbranched alkanes of at least 4 members (excludes halogenated alkanes) is 5. The van der Waals surface area contributed by atoms with Crippen molar-refractivity contribution < 1.29 is 9.53 Å². The molecule has 0 bridgehead atoms. The van der Waals surface area contributed by atoms with E-state index in [2.05, 4.69) is 13.0 Å². The van der Waals surface area contributed by atoms with Crippen molar-refractivity contribution in [2.45, 2.75) is 45.4 Å². The average molecular weight is 283 g/mol. The van der Waals surface area contributed by atoms with Crippen molar-refractivity contribution in [3.8, 4) is 0 Å². The zero-order chi connectivity index (χ0) is 14.9. The Morgan fingerprint density at radius 1 is 1.00 bits per heavy atom. The first-order chi connectivity index (χ1) is 10.3. The minimum absolute atomic E-state index is 0.269. The fourth-order valence-electron chi connectivity index (χ4n) is 2.36. The average Bonchev–Trinajstić information content (AvgIpc) is 2.53. The number of carbonyl (C=O) groups excluding carboxylic acids is 1. The Hall–Kier alpha value is -1.83. The molecule has 0 heterocycles. The molecule has 0 unspecified atom stereocenters. The predicted molar refractivity (Wildman–Crippen MR) is 86.4 cm³/mol. The van der Waals surface area contributed by atoms with Gasteiger partial charge in [0, 0.05) is 6.07 Å². The van der Waals surface area contributed by atoms with Gasteiger partial charge >= 0.3 is 5.97 Å². The summed E-state index contributed by atoms with van der Waals surface area (Å²) in [6.45, 7) is 2.72. The van der Waals surface area contributed by atoms with Crippen LogP contribution in [0.2, 0.25) is 0 Å². The van der Waals surface area contributed by atoms with Crippen LogP contribution >= 0.6 is 0 Å². The Labute approximate surface area is 127 Å². The monoisotopic (exact) mass is 283 g/mol. The van der Waals surface area contributed by atoms with Crippen molar-refractivity contribution in [2.24, 2.45) is 0 Å². The molecule has 111 valence electrons. The van der Waals surface area contributed by atoms with E-state index in [0.717, 1.165) is 23.6 Å². The lowest BCUT2D eigenvalue weighted by Gasteiger charge is -2.05. The highest BCUT2D eigenvalue weighted by atomic mass is 16.5. The summed E-state index contributed by atoms with van der Waals surface area (Å²) in [5, 5.41) is 2.04. The third kappa shape index (κ3) is 4.89. The number of esters is 1. The molecule has 0 spiro atoms. The number of fused-ring (bicyclic) bond motifs is 1. The van der Waals surface area contributed by atoms with Crippen molar-refractivity contribution in [2.75, 3.05) is 6.61 Å². The molecule has 2 aromatic rings. The minimum atomic E-state index is -0.269. The van der Waals surface area contributed by atoms with E-state index in [-0.39, 0.29) is 5.97 Å². The van der Waals surface area contributed by atoms with Gasteiger partial charge in [-0.3, -0.25) is 0 Å². The molecule has 0 aliphatic rings. The highest BCUT2D eigenvalue weighted by Gasteiger charge is 2.07. The summed E-state index contributed by atoms with van der Waals surface area (Å²) in [7, 11) is 0. The van der Waals surface area contributed by atoms with Gasteiger partial charge in [0.15, 0.2) is 0 Å². The molecule has 1 radical (unpaired) electrons. The van der Waals surface area contributed by atoms with Gasteiger partial charge in [-0.1, -0.05) is 69.4 Å². The second-order valence-electron chi connectivity index (χ2n) is 5.36. The van der Waals surface area contributed by atoms with E-state index >= 15 is 0 Å². The Balaban J connectivity index is 1.77. The van der Waals surface area contributed by atoms with Crippen LogP contribution in [0.15, 0.2) is 36.4 Å². The SMILES string of the molecule is CCCCCCCCOC(=O)c1[c]c2ccccc2cc1. The number of benzene rings is 2. The van der Waals surface area contributed by atoms with E-state index in [1.54, 1.807) is 6.07 Å². The second kappa shape index (κ2) is 8.46. The first-order valence-corrected chi connectivity index (χ1v) is 7.89. The highest BCUT2D eigenvalue weighted by molar-refractivity contribution is 5.94. The van der Waals surface area contributed by atoms with E-state index in [0.29, 0.717) is 12.2 Å². The zero-order valence-corrected chi connectivity index (χ0v) is 12.7. The summed E-state index contributed by atoms with van der Waals surface area (Å²) >= 11 is 0. The molecule has 0 aromatic heterocycles. The molecule has 0 aliphatic carbocycles. The molecule has 2 rings (SSSR count). The lowest BCUT2D eigenvalue weighted by Crippen LogP contribution is -2.06. The first kappa shape index (κ1) is 15.6. The van der Waals surface area contributed by atoms with Gasteiger partial charge in [0.25, 0.3) is 0 Å². The Morgan fingerprint density at radius 3 is 2.62 bits per heavy atom. The molecule has 2 nitrogen and oxygen atoms in total. The van der Waals surface area contributed by atoms with Crippen LogP contribution in [0.3, 0.4) is 0 Å². The molecule has 2 heteroatoms. The van der Waals surface area contributed by atoms with Crippen LogP contribution in [-0.2, 0) is 4.74 Å². The van der Waals surface area contributed by atoms with E-state index < -0.39 is 0 Å². The predicted octanol–water partition coefficient (Wildman–Crippen LogP) is 5.16. The van der Waals surface area contributed by atoms with Crippen LogP contribution in [0.4, 0.5) is 0 Å². The number of hydrogen-bond donors (Lipinski definition) is 0. The summed E-state index contributed by atoms with van der Waals surface area (Å²) in [5.41, 5.74) is 0.514.